The molecule has 6 rings (SSSR count). The molecule has 2 atom stereocenters. The lowest BCUT2D eigenvalue weighted by molar-refractivity contribution is -0.135. The number of hydrogen-bond acceptors (Lipinski definition) is 6. The molecule has 44 heavy (non-hydrogen) atoms. The van der Waals surface area contributed by atoms with Gasteiger partial charge in [-0.05, 0) is 67.4 Å². The molecule has 3 aliphatic rings. The zero-order valence-corrected chi connectivity index (χ0v) is 25.8. The molecule has 1 aromatic heterocycles. The number of nitrogens with zero attached hydrogens (tertiary/aromatic N) is 4. The number of benzene rings is 2. The first-order valence-electron chi connectivity index (χ1n) is 16.3. The predicted octanol–water partition coefficient (Wildman–Crippen LogP) is 4.96. The van der Waals surface area contributed by atoms with Crippen molar-refractivity contribution in [2.24, 2.45) is 16.8 Å². The molecule has 1 amide bonds. The zero-order valence-electron chi connectivity index (χ0n) is 25.8. The van der Waals surface area contributed by atoms with Gasteiger partial charge in [-0.2, -0.15) is 0 Å². The number of aryl methyl sites for hydroxylation is 1. The summed E-state index contributed by atoms with van der Waals surface area (Å²) in [7, 11) is 1.69. The van der Waals surface area contributed by atoms with E-state index in [1.807, 2.05) is 35.2 Å². The molecule has 2 aliphatic carbocycles. The lowest BCUT2D eigenvalue weighted by Crippen LogP contribution is -2.50. The molecule has 2 heterocycles. The minimum absolute atomic E-state index is 0.0217. The smallest absolute Gasteiger partial charge is 0.277 e. The molecule has 0 bridgehead atoms. The number of aromatic nitrogens is 2. The summed E-state index contributed by atoms with van der Waals surface area (Å²) < 4.78 is 1.39. The maximum Gasteiger partial charge on any atom is 0.277 e. The Morgan fingerprint density at radius 1 is 1.02 bits per heavy atom. The molecule has 8 nitrogen and oxygen atoms in total. The standard InChI is InChI=1S/C36H45N5O3/c1-38-33(28-13-11-27(12-14-28)30-16-15-29(22-30)26-8-5-9-26)34-32(37)35(43)41(24-39-34)23-36(44)18-20-40(21-19-36)31(42)17-10-25-6-3-2-4-7-25/h2-4,6-7,11-14,24,26,29-30,44H,5,8-10,15-23,37H2,1H3. The molecule has 2 aromatic carbocycles. The van der Waals surface area contributed by atoms with Gasteiger partial charge in [0.15, 0.2) is 0 Å². The van der Waals surface area contributed by atoms with Gasteiger partial charge >= 0.3 is 0 Å². The topological polar surface area (TPSA) is 114 Å². The first kappa shape index (κ1) is 30.3. The van der Waals surface area contributed by atoms with Crippen molar-refractivity contribution in [2.75, 3.05) is 25.9 Å². The van der Waals surface area contributed by atoms with Gasteiger partial charge in [-0.1, -0.05) is 73.9 Å². The highest BCUT2D eigenvalue weighted by atomic mass is 16.3. The van der Waals surface area contributed by atoms with Crippen LogP contribution in [0.15, 0.2) is 70.7 Å². The highest BCUT2D eigenvalue weighted by Crippen LogP contribution is 2.47. The van der Waals surface area contributed by atoms with Gasteiger partial charge in [-0.25, -0.2) is 4.98 Å². The average Bonchev–Trinajstić information content (AvgIpc) is 3.49. The molecule has 0 radical (unpaired) electrons. The van der Waals surface area contributed by atoms with E-state index in [-0.39, 0.29) is 18.1 Å². The Hall–Kier alpha value is -3.78. The number of nitrogens with two attached hydrogens (primary N) is 1. The van der Waals surface area contributed by atoms with Crippen molar-refractivity contribution >= 4 is 17.3 Å². The third-order valence-corrected chi connectivity index (χ3v) is 10.4. The van der Waals surface area contributed by atoms with E-state index in [0.29, 0.717) is 56.1 Å². The van der Waals surface area contributed by atoms with Crippen LogP contribution in [0.2, 0.25) is 0 Å². The lowest BCUT2D eigenvalue weighted by Gasteiger charge is -2.38. The minimum atomic E-state index is -1.12. The Morgan fingerprint density at radius 2 is 1.75 bits per heavy atom. The normalized spacial score (nSPS) is 22.1. The molecule has 2 unspecified atom stereocenters. The number of hydrogen-bond donors (Lipinski definition) is 2. The number of aliphatic imine (C=N–C) groups is 1. The Bertz CT molecular complexity index is 1540. The summed E-state index contributed by atoms with van der Waals surface area (Å²) in [6, 6.07) is 18.5. The maximum atomic E-state index is 13.4. The van der Waals surface area contributed by atoms with Gasteiger partial charge in [-0.3, -0.25) is 19.1 Å². The summed E-state index contributed by atoms with van der Waals surface area (Å²) in [4.78, 5) is 37.0. The van der Waals surface area contributed by atoms with Crippen LogP contribution in [0.4, 0.5) is 5.69 Å². The predicted molar refractivity (Wildman–Crippen MR) is 174 cm³/mol. The van der Waals surface area contributed by atoms with Crippen LogP contribution in [-0.4, -0.2) is 56.9 Å². The van der Waals surface area contributed by atoms with Crippen LogP contribution in [0.1, 0.15) is 86.1 Å². The maximum absolute atomic E-state index is 13.4. The number of aliphatic hydroxyl groups is 1. The van der Waals surface area contributed by atoms with Crippen LogP contribution < -0.4 is 11.3 Å². The lowest BCUT2D eigenvalue weighted by atomic mass is 9.75. The molecule has 1 aliphatic heterocycles. The van der Waals surface area contributed by atoms with E-state index in [1.54, 1.807) is 7.05 Å². The fourth-order valence-electron chi connectivity index (χ4n) is 7.45. The molecular weight excluding hydrogens is 550 g/mol. The van der Waals surface area contributed by atoms with Crippen LogP contribution >= 0.6 is 0 Å². The van der Waals surface area contributed by atoms with Gasteiger partial charge in [0, 0.05) is 32.1 Å². The van der Waals surface area contributed by atoms with Gasteiger partial charge in [0.2, 0.25) is 5.91 Å². The number of rotatable bonds is 9. The van der Waals surface area contributed by atoms with E-state index in [0.717, 1.165) is 23.0 Å². The Balaban J connectivity index is 1.07. The van der Waals surface area contributed by atoms with Gasteiger partial charge in [-0.15, -0.1) is 0 Å². The second-order valence-corrected chi connectivity index (χ2v) is 13.2. The third-order valence-electron chi connectivity index (χ3n) is 10.4. The third kappa shape index (κ3) is 6.50. The molecule has 3 aromatic rings. The zero-order chi connectivity index (χ0) is 30.7. The molecular formula is C36H45N5O3. The Kier molecular flexibility index (Phi) is 8.98. The number of amides is 1. The second-order valence-electron chi connectivity index (χ2n) is 13.2. The van der Waals surface area contributed by atoms with Gasteiger partial charge in [0.05, 0.1) is 24.2 Å². The number of carbonyl (C=O) groups excluding carboxylic acids is 1. The van der Waals surface area contributed by atoms with Gasteiger partial charge in [0.1, 0.15) is 11.4 Å². The van der Waals surface area contributed by atoms with E-state index in [1.165, 1.54) is 55.0 Å². The number of nitrogen functional groups attached to an aromatic ring is 1. The SMILES string of the molecule is CN=C(c1ccc(C2CCC(C3CCC3)C2)cc1)c1ncn(CC2(O)CCN(C(=O)CCc3ccccc3)CC2)c(=O)c1N. The van der Waals surface area contributed by atoms with Crippen molar-refractivity contribution in [3.63, 3.8) is 0 Å². The van der Waals surface area contributed by atoms with Crippen LogP contribution in [0.5, 0.6) is 0 Å². The van der Waals surface area contributed by atoms with Crippen molar-refractivity contribution < 1.29 is 9.90 Å². The van der Waals surface area contributed by atoms with E-state index in [2.05, 4.69) is 34.2 Å². The fourth-order valence-corrected chi connectivity index (χ4v) is 7.45. The van der Waals surface area contributed by atoms with E-state index < -0.39 is 11.2 Å². The summed E-state index contributed by atoms with van der Waals surface area (Å²) in [6.45, 7) is 0.973. The number of likely N-dealkylation sites (tertiary alicyclic amines) is 1. The summed E-state index contributed by atoms with van der Waals surface area (Å²) in [5.41, 5.74) is 9.21. The first-order valence-corrected chi connectivity index (χ1v) is 16.3. The Morgan fingerprint density at radius 3 is 2.41 bits per heavy atom. The average molecular weight is 596 g/mol. The summed E-state index contributed by atoms with van der Waals surface area (Å²) in [6.07, 6.45) is 11.5. The second kappa shape index (κ2) is 13.1. The summed E-state index contributed by atoms with van der Waals surface area (Å²) in [5.74, 6) is 2.54. The molecule has 2 saturated carbocycles. The van der Waals surface area contributed by atoms with Crippen LogP contribution in [0.25, 0.3) is 0 Å². The molecule has 232 valence electrons. The van der Waals surface area contributed by atoms with Crippen molar-refractivity contribution in [1.29, 1.82) is 0 Å². The fraction of sp³-hybridized carbons (Fsp3) is 0.500. The quantitative estimate of drug-likeness (QED) is 0.340. The van der Waals surface area contributed by atoms with Gasteiger partial charge < -0.3 is 15.7 Å². The highest BCUT2D eigenvalue weighted by Gasteiger charge is 2.36. The molecule has 3 fully saturated rings. The summed E-state index contributed by atoms with van der Waals surface area (Å²) in [5, 5.41) is 11.3. The monoisotopic (exact) mass is 595 g/mol. The molecule has 8 heteroatoms. The number of anilines is 1. The largest absolute Gasteiger partial charge is 0.392 e. The van der Waals surface area contributed by atoms with Crippen molar-refractivity contribution in [1.82, 2.24) is 14.5 Å². The van der Waals surface area contributed by atoms with Gasteiger partial charge in [0.25, 0.3) is 5.56 Å². The molecule has 1 saturated heterocycles. The minimum Gasteiger partial charge on any atom is -0.392 e. The first-order chi connectivity index (χ1) is 21.3. The van der Waals surface area contributed by atoms with Crippen LogP contribution in [-0.2, 0) is 17.8 Å². The van der Waals surface area contributed by atoms with Crippen LogP contribution in [0, 0.1) is 11.8 Å². The van der Waals surface area contributed by atoms with E-state index in [9.17, 15) is 14.7 Å². The molecule has 3 N–H and O–H groups in total. The molecule has 0 spiro atoms. The van der Waals surface area contributed by atoms with Crippen LogP contribution in [0.3, 0.4) is 0 Å². The highest BCUT2D eigenvalue weighted by molar-refractivity contribution is 6.14. The number of carbonyl (C=O) groups is 1. The van der Waals surface area contributed by atoms with Crippen molar-refractivity contribution in [2.45, 2.75) is 82.3 Å². The van der Waals surface area contributed by atoms with Crippen molar-refractivity contribution in [3.05, 3.63) is 93.7 Å². The summed E-state index contributed by atoms with van der Waals surface area (Å²) >= 11 is 0. The van der Waals surface area contributed by atoms with E-state index in [4.69, 9.17) is 5.73 Å². The van der Waals surface area contributed by atoms with E-state index >= 15 is 0 Å². The Labute approximate surface area is 260 Å². The van der Waals surface area contributed by atoms with Crippen molar-refractivity contribution in [3.8, 4) is 0 Å². The number of piperidine rings is 1.